The fourth-order valence-corrected chi connectivity index (χ4v) is 3.08. The number of halogens is 1. The van der Waals surface area contributed by atoms with Crippen LogP contribution in [0.5, 0.6) is 0 Å². The Morgan fingerprint density at radius 1 is 1.44 bits per heavy atom. The van der Waals surface area contributed by atoms with Gasteiger partial charge in [-0.05, 0) is 31.0 Å². The topological polar surface area (TPSA) is 24.9 Å². The molecular weight excluding hydrogens is 240 g/mol. The Bertz CT molecular complexity index is 309. The van der Waals surface area contributed by atoms with Gasteiger partial charge in [0.25, 0.3) is 0 Å². The minimum absolute atomic E-state index is 0.572. The number of aromatic nitrogens is 1. The minimum atomic E-state index is 0.572. The van der Waals surface area contributed by atoms with E-state index < -0.39 is 0 Å². The van der Waals surface area contributed by atoms with Crippen molar-refractivity contribution in [1.82, 2.24) is 10.3 Å². The average molecular weight is 257 g/mol. The van der Waals surface area contributed by atoms with Crippen LogP contribution in [0.25, 0.3) is 0 Å². The molecule has 0 amide bonds. The van der Waals surface area contributed by atoms with Crippen LogP contribution in [0.1, 0.15) is 24.8 Å². The second-order valence-corrected chi connectivity index (χ2v) is 5.57. The van der Waals surface area contributed by atoms with Gasteiger partial charge in [-0.3, -0.25) is 0 Å². The molecule has 1 aliphatic heterocycles. The van der Waals surface area contributed by atoms with Crippen LogP contribution in [0.3, 0.4) is 0 Å². The lowest BCUT2D eigenvalue weighted by atomic mass is 10.1. The molecule has 88 valence electrons. The van der Waals surface area contributed by atoms with E-state index in [0.717, 1.165) is 5.75 Å². The first-order valence-corrected chi connectivity index (χ1v) is 7.29. The Kier molecular flexibility index (Phi) is 4.94. The molecule has 1 atom stereocenters. The lowest BCUT2D eigenvalue weighted by molar-refractivity contribution is 0.430. The van der Waals surface area contributed by atoms with Crippen LogP contribution in [0.15, 0.2) is 18.3 Å². The second kappa shape index (κ2) is 6.48. The van der Waals surface area contributed by atoms with Crippen LogP contribution < -0.4 is 5.32 Å². The van der Waals surface area contributed by atoms with E-state index in [1.165, 1.54) is 37.1 Å². The van der Waals surface area contributed by atoms with Crippen molar-refractivity contribution in [1.29, 1.82) is 0 Å². The van der Waals surface area contributed by atoms with Gasteiger partial charge in [-0.2, -0.15) is 11.8 Å². The zero-order valence-electron chi connectivity index (χ0n) is 9.29. The molecule has 2 heterocycles. The summed E-state index contributed by atoms with van der Waals surface area (Å²) in [4.78, 5) is 4.08. The average Bonchev–Trinajstić information content (AvgIpc) is 2.33. The quantitative estimate of drug-likeness (QED) is 0.838. The number of pyridine rings is 1. The summed E-state index contributed by atoms with van der Waals surface area (Å²) in [5, 5.41) is 4.13. The van der Waals surface area contributed by atoms with Crippen molar-refractivity contribution in [3.05, 3.63) is 29.0 Å². The van der Waals surface area contributed by atoms with E-state index >= 15 is 0 Å². The molecule has 1 aliphatic rings. The van der Waals surface area contributed by atoms with Gasteiger partial charge in [0.15, 0.2) is 0 Å². The number of rotatable bonds is 4. The highest BCUT2D eigenvalue weighted by Gasteiger charge is 2.11. The van der Waals surface area contributed by atoms with Gasteiger partial charge in [0.05, 0.1) is 0 Å². The maximum atomic E-state index is 5.74. The van der Waals surface area contributed by atoms with Crippen LogP contribution >= 0.6 is 23.4 Å². The lowest BCUT2D eigenvalue weighted by Gasteiger charge is -2.22. The third-order valence-corrected chi connectivity index (χ3v) is 4.19. The van der Waals surface area contributed by atoms with Gasteiger partial charge in [0.2, 0.25) is 0 Å². The number of hydrogen-bond acceptors (Lipinski definition) is 3. The van der Waals surface area contributed by atoms with Gasteiger partial charge in [-0.25, -0.2) is 4.98 Å². The summed E-state index contributed by atoms with van der Waals surface area (Å²) in [5.74, 6) is 2.23. The van der Waals surface area contributed by atoms with Crippen molar-refractivity contribution in [3.63, 3.8) is 0 Å². The molecule has 0 bridgehead atoms. The van der Waals surface area contributed by atoms with Crippen LogP contribution in [0, 0.1) is 0 Å². The highest BCUT2D eigenvalue weighted by molar-refractivity contribution is 7.98. The van der Waals surface area contributed by atoms with E-state index in [9.17, 15) is 0 Å². The van der Waals surface area contributed by atoms with Gasteiger partial charge >= 0.3 is 0 Å². The van der Waals surface area contributed by atoms with Gasteiger partial charge < -0.3 is 5.32 Å². The van der Waals surface area contributed by atoms with E-state index in [-0.39, 0.29) is 0 Å². The number of piperidine rings is 1. The molecule has 0 saturated carbocycles. The molecule has 2 rings (SSSR count). The zero-order valence-corrected chi connectivity index (χ0v) is 10.9. The molecule has 0 radical (unpaired) electrons. The maximum Gasteiger partial charge on any atom is 0.129 e. The van der Waals surface area contributed by atoms with E-state index in [0.29, 0.717) is 11.2 Å². The molecule has 0 aromatic carbocycles. The molecule has 0 aliphatic carbocycles. The van der Waals surface area contributed by atoms with Crippen molar-refractivity contribution in [2.45, 2.75) is 31.1 Å². The number of nitrogens with one attached hydrogen (secondary N) is 1. The molecule has 4 heteroatoms. The number of nitrogens with zero attached hydrogens (tertiary/aromatic N) is 1. The van der Waals surface area contributed by atoms with Crippen LogP contribution in [-0.2, 0) is 5.75 Å². The Morgan fingerprint density at radius 2 is 2.38 bits per heavy atom. The predicted molar refractivity (Wildman–Crippen MR) is 71.1 cm³/mol. The third-order valence-electron chi connectivity index (χ3n) is 2.79. The predicted octanol–water partition coefficient (Wildman–Crippen LogP) is 3.11. The lowest BCUT2D eigenvalue weighted by Crippen LogP contribution is -2.35. The van der Waals surface area contributed by atoms with Crippen LogP contribution in [-0.4, -0.2) is 23.3 Å². The third kappa shape index (κ3) is 3.96. The first-order chi connectivity index (χ1) is 7.84. The Hall–Kier alpha value is -0.250. The summed E-state index contributed by atoms with van der Waals surface area (Å²) in [5.41, 5.74) is 1.25. The normalized spacial score (nSPS) is 20.9. The summed E-state index contributed by atoms with van der Waals surface area (Å²) in [7, 11) is 0. The van der Waals surface area contributed by atoms with Gasteiger partial charge in [0, 0.05) is 23.7 Å². The highest BCUT2D eigenvalue weighted by Crippen LogP contribution is 2.17. The largest absolute Gasteiger partial charge is 0.313 e. The smallest absolute Gasteiger partial charge is 0.129 e. The SMILES string of the molecule is Clc1ccc(CSC[C@@H]2CCCCN2)cn1. The Labute approximate surface area is 106 Å². The van der Waals surface area contributed by atoms with E-state index in [2.05, 4.69) is 16.4 Å². The minimum Gasteiger partial charge on any atom is -0.313 e. The van der Waals surface area contributed by atoms with Crippen molar-refractivity contribution in [2.75, 3.05) is 12.3 Å². The molecule has 1 saturated heterocycles. The zero-order chi connectivity index (χ0) is 11.2. The summed E-state index contributed by atoms with van der Waals surface area (Å²) in [6, 6.07) is 4.62. The van der Waals surface area contributed by atoms with Crippen molar-refractivity contribution in [3.8, 4) is 0 Å². The molecule has 0 unspecified atom stereocenters. The van der Waals surface area contributed by atoms with E-state index in [1.807, 2.05) is 24.0 Å². The molecular formula is C12H17ClN2S. The van der Waals surface area contributed by atoms with Crippen LogP contribution in [0.2, 0.25) is 5.15 Å². The summed E-state index contributed by atoms with van der Waals surface area (Å²) >= 11 is 7.71. The number of hydrogen-bond donors (Lipinski definition) is 1. The fraction of sp³-hybridized carbons (Fsp3) is 0.583. The summed E-state index contributed by atoms with van der Waals surface area (Å²) in [6.07, 6.45) is 5.90. The van der Waals surface area contributed by atoms with Crippen molar-refractivity contribution >= 4 is 23.4 Å². The molecule has 1 aromatic rings. The first-order valence-electron chi connectivity index (χ1n) is 5.76. The second-order valence-electron chi connectivity index (χ2n) is 4.15. The summed E-state index contributed by atoms with van der Waals surface area (Å²) in [6.45, 7) is 1.19. The fourth-order valence-electron chi connectivity index (χ4n) is 1.88. The monoisotopic (exact) mass is 256 g/mol. The molecule has 1 aromatic heterocycles. The van der Waals surface area contributed by atoms with E-state index in [4.69, 9.17) is 11.6 Å². The van der Waals surface area contributed by atoms with Crippen molar-refractivity contribution in [2.24, 2.45) is 0 Å². The standard InChI is InChI=1S/C12H17ClN2S/c13-12-5-4-10(7-15-12)8-16-9-11-3-1-2-6-14-11/h4-5,7,11,14H,1-3,6,8-9H2/t11-/m0/s1. The first kappa shape index (κ1) is 12.2. The Morgan fingerprint density at radius 3 is 3.06 bits per heavy atom. The molecule has 1 N–H and O–H groups in total. The van der Waals surface area contributed by atoms with Crippen molar-refractivity contribution < 1.29 is 0 Å². The summed E-state index contributed by atoms with van der Waals surface area (Å²) < 4.78 is 0. The molecule has 0 spiro atoms. The number of thioether (sulfide) groups is 1. The molecule has 1 fully saturated rings. The Balaban J connectivity index is 1.69. The van der Waals surface area contributed by atoms with Gasteiger partial charge in [-0.15, -0.1) is 0 Å². The maximum absolute atomic E-state index is 5.74. The van der Waals surface area contributed by atoms with Gasteiger partial charge in [0.1, 0.15) is 5.15 Å². The highest BCUT2D eigenvalue weighted by atomic mass is 35.5. The van der Waals surface area contributed by atoms with Crippen LogP contribution in [0.4, 0.5) is 0 Å². The van der Waals surface area contributed by atoms with Gasteiger partial charge in [-0.1, -0.05) is 24.1 Å². The molecule has 2 nitrogen and oxygen atoms in total. The molecule has 16 heavy (non-hydrogen) atoms. The van der Waals surface area contributed by atoms with E-state index in [1.54, 1.807) is 0 Å².